The van der Waals surface area contributed by atoms with Gasteiger partial charge in [-0.2, -0.15) is 18.3 Å². The summed E-state index contributed by atoms with van der Waals surface area (Å²) in [5.41, 5.74) is 2.54. The first-order chi connectivity index (χ1) is 13.3. The minimum Gasteiger partial charge on any atom is -0.475 e. The van der Waals surface area contributed by atoms with Crippen molar-refractivity contribution in [3.8, 4) is 22.8 Å². The Kier molecular flexibility index (Phi) is 7.09. The number of methoxy groups -OCH3 is 1. The number of benzene rings is 1. The molecular formula is C16H16F3N5O4. The number of nitrogens with zero attached hydrogens (tertiary/aromatic N) is 3. The van der Waals surface area contributed by atoms with E-state index < -0.39 is 12.1 Å². The molecule has 3 rings (SSSR count). The summed E-state index contributed by atoms with van der Waals surface area (Å²) in [7, 11) is 1.64. The van der Waals surface area contributed by atoms with Gasteiger partial charge in [0.25, 0.3) is 5.89 Å². The van der Waals surface area contributed by atoms with Gasteiger partial charge < -0.3 is 19.6 Å². The van der Waals surface area contributed by atoms with Crippen LogP contribution < -0.4 is 5.32 Å². The molecule has 0 spiro atoms. The molecule has 0 aliphatic rings. The average molecular weight is 399 g/mol. The van der Waals surface area contributed by atoms with Gasteiger partial charge in [0.2, 0.25) is 0 Å². The van der Waals surface area contributed by atoms with Crippen molar-refractivity contribution in [1.82, 2.24) is 20.4 Å². The first kappa shape index (κ1) is 20.9. The molecule has 3 N–H and O–H groups in total. The average Bonchev–Trinajstić information content (AvgIpc) is 3.32. The lowest BCUT2D eigenvalue weighted by Crippen LogP contribution is -2.21. The van der Waals surface area contributed by atoms with Crippen LogP contribution in [0.25, 0.3) is 22.8 Å². The third-order valence-electron chi connectivity index (χ3n) is 3.13. The van der Waals surface area contributed by atoms with E-state index in [-0.39, 0.29) is 0 Å². The fourth-order valence-corrected chi connectivity index (χ4v) is 1.85. The van der Waals surface area contributed by atoms with Gasteiger partial charge in [-0.05, 0) is 6.07 Å². The number of halogens is 3. The normalized spacial score (nSPS) is 10.9. The highest BCUT2D eigenvalue weighted by atomic mass is 19.4. The van der Waals surface area contributed by atoms with Crippen LogP contribution in [0.1, 0.15) is 0 Å². The molecule has 12 heteroatoms. The van der Waals surface area contributed by atoms with Gasteiger partial charge >= 0.3 is 18.2 Å². The lowest BCUT2D eigenvalue weighted by Gasteiger charge is -1.97. The van der Waals surface area contributed by atoms with Crippen LogP contribution in [0.3, 0.4) is 0 Å². The van der Waals surface area contributed by atoms with Gasteiger partial charge in [-0.25, -0.2) is 4.79 Å². The first-order valence-corrected chi connectivity index (χ1v) is 7.79. The molecule has 0 saturated carbocycles. The quantitative estimate of drug-likeness (QED) is 0.540. The molecule has 0 atom stereocenters. The van der Waals surface area contributed by atoms with Crippen molar-refractivity contribution >= 4 is 12.0 Å². The van der Waals surface area contributed by atoms with Gasteiger partial charge in [0, 0.05) is 19.2 Å². The van der Waals surface area contributed by atoms with Crippen molar-refractivity contribution in [3.63, 3.8) is 0 Å². The Labute approximate surface area is 156 Å². The van der Waals surface area contributed by atoms with E-state index in [1.54, 1.807) is 7.11 Å². The predicted molar refractivity (Wildman–Crippen MR) is 91.4 cm³/mol. The highest BCUT2D eigenvalue weighted by Gasteiger charge is 2.38. The van der Waals surface area contributed by atoms with Crippen LogP contribution >= 0.6 is 0 Å². The van der Waals surface area contributed by atoms with E-state index in [1.807, 2.05) is 36.4 Å². The lowest BCUT2D eigenvalue weighted by atomic mass is 10.1. The van der Waals surface area contributed by atoms with Gasteiger partial charge in [-0.3, -0.25) is 5.10 Å². The third-order valence-corrected chi connectivity index (χ3v) is 3.13. The summed E-state index contributed by atoms with van der Waals surface area (Å²) >= 11 is 0. The Morgan fingerprint density at radius 3 is 2.57 bits per heavy atom. The van der Waals surface area contributed by atoms with Gasteiger partial charge in [0.15, 0.2) is 0 Å². The third kappa shape index (κ3) is 6.09. The van der Waals surface area contributed by atoms with E-state index in [1.165, 1.54) is 0 Å². The van der Waals surface area contributed by atoms with Crippen LogP contribution in [0.4, 0.5) is 19.2 Å². The van der Waals surface area contributed by atoms with E-state index in [0.717, 1.165) is 11.3 Å². The smallest absolute Gasteiger partial charge is 0.475 e. The SMILES string of the molecule is COCCNc1nnc(-c2cc(-c3ccccc3)n[nH]2)o1.O=C(O)C(F)(F)F. The molecule has 0 unspecified atom stereocenters. The first-order valence-electron chi connectivity index (χ1n) is 7.79. The second-order valence-electron chi connectivity index (χ2n) is 5.17. The van der Waals surface area contributed by atoms with Crippen molar-refractivity contribution in [3.05, 3.63) is 36.4 Å². The van der Waals surface area contributed by atoms with E-state index in [9.17, 15) is 13.2 Å². The van der Waals surface area contributed by atoms with Crippen molar-refractivity contribution in [1.29, 1.82) is 0 Å². The van der Waals surface area contributed by atoms with E-state index in [2.05, 4.69) is 25.7 Å². The molecular weight excluding hydrogens is 383 g/mol. The number of carboxylic acids is 1. The summed E-state index contributed by atoms with van der Waals surface area (Å²) < 4.78 is 42.2. The molecule has 1 aromatic carbocycles. The molecule has 28 heavy (non-hydrogen) atoms. The minimum atomic E-state index is -5.08. The summed E-state index contributed by atoms with van der Waals surface area (Å²) in [4.78, 5) is 8.90. The van der Waals surface area contributed by atoms with Crippen LogP contribution in [0.15, 0.2) is 40.8 Å². The van der Waals surface area contributed by atoms with Gasteiger partial charge in [-0.1, -0.05) is 35.4 Å². The number of rotatable bonds is 6. The molecule has 2 heterocycles. The van der Waals surface area contributed by atoms with Crippen molar-refractivity contribution < 1.29 is 32.2 Å². The summed E-state index contributed by atoms with van der Waals surface area (Å²) in [6, 6.07) is 12.1. The maximum atomic E-state index is 10.6. The second kappa shape index (κ2) is 9.50. The molecule has 0 bridgehead atoms. The molecule has 0 saturated heterocycles. The minimum absolute atomic E-state index is 0.359. The Morgan fingerprint density at radius 1 is 1.29 bits per heavy atom. The number of alkyl halides is 3. The second-order valence-corrected chi connectivity index (χ2v) is 5.17. The maximum Gasteiger partial charge on any atom is 0.490 e. The molecule has 0 fully saturated rings. The summed E-state index contributed by atoms with van der Waals surface area (Å²) in [5.74, 6) is -2.36. The zero-order chi connectivity index (χ0) is 20.6. The standard InChI is InChI=1S/C14H15N5O2.C2HF3O2/c1-20-8-7-15-14-19-18-13(21-14)12-9-11(16-17-12)10-5-3-2-4-6-10;3-2(4,5)1(6)7/h2-6,9H,7-8H2,1H3,(H,15,19)(H,16,17);(H,6,7). The molecule has 3 aromatic rings. The van der Waals surface area contributed by atoms with Crippen molar-refractivity contribution in [2.24, 2.45) is 0 Å². The monoisotopic (exact) mass is 399 g/mol. The van der Waals surface area contributed by atoms with Crippen LogP contribution in [0, 0.1) is 0 Å². The number of carbonyl (C=O) groups is 1. The number of hydrogen-bond acceptors (Lipinski definition) is 7. The van der Waals surface area contributed by atoms with Crippen LogP contribution in [-0.4, -0.2) is 57.9 Å². The Bertz CT molecular complexity index is 880. The summed E-state index contributed by atoms with van der Waals surface area (Å²) in [6.45, 7) is 1.18. The number of ether oxygens (including phenoxy) is 1. The molecule has 2 aromatic heterocycles. The van der Waals surface area contributed by atoms with Crippen molar-refractivity contribution in [2.75, 3.05) is 25.6 Å². The molecule has 0 amide bonds. The Balaban J connectivity index is 0.000000345. The van der Waals surface area contributed by atoms with Crippen LogP contribution in [0.2, 0.25) is 0 Å². The fraction of sp³-hybridized carbons (Fsp3) is 0.250. The van der Waals surface area contributed by atoms with Crippen LogP contribution in [0.5, 0.6) is 0 Å². The molecule has 9 nitrogen and oxygen atoms in total. The number of aromatic amines is 1. The molecule has 0 aliphatic carbocycles. The zero-order valence-electron chi connectivity index (χ0n) is 14.5. The number of aliphatic carboxylic acids is 1. The fourth-order valence-electron chi connectivity index (χ4n) is 1.85. The summed E-state index contributed by atoms with van der Waals surface area (Å²) in [6.07, 6.45) is -5.08. The largest absolute Gasteiger partial charge is 0.490 e. The number of carboxylic acid groups (broad SMARTS) is 1. The number of nitrogens with one attached hydrogen (secondary N) is 2. The van der Waals surface area contributed by atoms with Gasteiger partial charge in [0.1, 0.15) is 5.69 Å². The van der Waals surface area contributed by atoms with Gasteiger partial charge in [0.05, 0.1) is 12.3 Å². The number of anilines is 1. The Hall–Kier alpha value is -3.41. The van der Waals surface area contributed by atoms with Crippen LogP contribution in [-0.2, 0) is 9.53 Å². The highest BCUT2D eigenvalue weighted by molar-refractivity contribution is 5.73. The predicted octanol–water partition coefficient (Wildman–Crippen LogP) is 2.82. The Morgan fingerprint density at radius 2 is 1.96 bits per heavy atom. The molecule has 0 aliphatic heterocycles. The number of hydrogen-bond donors (Lipinski definition) is 3. The molecule has 150 valence electrons. The summed E-state index contributed by atoms with van der Waals surface area (Å²) in [5, 5.41) is 25.2. The zero-order valence-corrected chi connectivity index (χ0v) is 14.5. The van der Waals surface area contributed by atoms with Gasteiger partial charge in [-0.15, -0.1) is 5.10 Å². The van der Waals surface area contributed by atoms with E-state index >= 15 is 0 Å². The van der Waals surface area contributed by atoms with E-state index in [0.29, 0.717) is 30.8 Å². The number of aromatic nitrogens is 4. The highest BCUT2D eigenvalue weighted by Crippen LogP contribution is 2.23. The van der Waals surface area contributed by atoms with E-state index in [4.69, 9.17) is 19.1 Å². The maximum absolute atomic E-state index is 10.6. The lowest BCUT2D eigenvalue weighted by molar-refractivity contribution is -0.192. The molecule has 0 radical (unpaired) electrons. The number of H-pyrrole nitrogens is 1. The van der Waals surface area contributed by atoms with Crippen molar-refractivity contribution in [2.45, 2.75) is 6.18 Å². The topological polar surface area (TPSA) is 126 Å².